The van der Waals surface area contributed by atoms with E-state index in [1.807, 2.05) is 37.3 Å². The van der Waals surface area contributed by atoms with Crippen molar-refractivity contribution in [3.05, 3.63) is 70.3 Å². The van der Waals surface area contributed by atoms with Gasteiger partial charge in [0.2, 0.25) is 0 Å². The van der Waals surface area contributed by atoms with E-state index in [4.69, 9.17) is 4.74 Å². The fourth-order valence-corrected chi connectivity index (χ4v) is 2.03. The highest BCUT2D eigenvalue weighted by Gasteiger charge is 2.09. The van der Waals surface area contributed by atoms with E-state index in [2.05, 4.69) is 5.32 Å². The molecule has 120 valence electrons. The van der Waals surface area contributed by atoms with E-state index in [0.717, 1.165) is 5.56 Å². The topological polar surface area (TPSA) is 81.5 Å². The van der Waals surface area contributed by atoms with Crippen molar-refractivity contribution >= 4 is 11.6 Å². The van der Waals surface area contributed by atoms with Gasteiger partial charge in [0.1, 0.15) is 5.75 Å². The zero-order valence-corrected chi connectivity index (χ0v) is 12.8. The molecule has 1 amide bonds. The van der Waals surface area contributed by atoms with Gasteiger partial charge in [0, 0.05) is 18.7 Å². The SMILES string of the molecule is CC(CNC(=O)COc1ccc([N+](=O)[O-])cc1)c1ccccc1. The number of nitro benzene ring substituents is 1. The van der Waals surface area contributed by atoms with Crippen LogP contribution in [0.25, 0.3) is 0 Å². The van der Waals surface area contributed by atoms with E-state index in [1.165, 1.54) is 24.3 Å². The second kappa shape index (κ2) is 7.93. The molecule has 0 bridgehead atoms. The number of benzene rings is 2. The van der Waals surface area contributed by atoms with Crippen LogP contribution in [0.2, 0.25) is 0 Å². The number of nitrogens with zero attached hydrogens (tertiary/aromatic N) is 1. The molecule has 6 nitrogen and oxygen atoms in total. The number of nitrogens with one attached hydrogen (secondary N) is 1. The monoisotopic (exact) mass is 314 g/mol. The first-order chi connectivity index (χ1) is 11.1. The fraction of sp³-hybridized carbons (Fsp3) is 0.235. The first-order valence-corrected chi connectivity index (χ1v) is 7.25. The van der Waals surface area contributed by atoms with Crippen molar-refractivity contribution in [3.63, 3.8) is 0 Å². The summed E-state index contributed by atoms with van der Waals surface area (Å²) in [5, 5.41) is 13.4. The van der Waals surface area contributed by atoms with Gasteiger partial charge in [0.25, 0.3) is 11.6 Å². The summed E-state index contributed by atoms with van der Waals surface area (Å²) in [6, 6.07) is 15.5. The molecule has 0 saturated carbocycles. The lowest BCUT2D eigenvalue weighted by molar-refractivity contribution is -0.384. The van der Waals surface area contributed by atoms with Crippen LogP contribution in [0, 0.1) is 10.1 Å². The number of nitro groups is 1. The number of carbonyl (C=O) groups excluding carboxylic acids is 1. The van der Waals surface area contributed by atoms with E-state index in [1.54, 1.807) is 0 Å². The van der Waals surface area contributed by atoms with Crippen molar-refractivity contribution in [2.24, 2.45) is 0 Å². The maximum absolute atomic E-state index is 11.8. The summed E-state index contributed by atoms with van der Waals surface area (Å²) in [6.07, 6.45) is 0. The molecule has 0 saturated heterocycles. The minimum absolute atomic E-state index is 0.0153. The van der Waals surface area contributed by atoms with Crippen LogP contribution in [0.15, 0.2) is 54.6 Å². The van der Waals surface area contributed by atoms with Crippen molar-refractivity contribution in [3.8, 4) is 5.75 Å². The smallest absolute Gasteiger partial charge is 0.269 e. The van der Waals surface area contributed by atoms with Gasteiger partial charge < -0.3 is 10.1 Å². The fourth-order valence-electron chi connectivity index (χ4n) is 2.03. The Labute approximate surface area is 134 Å². The molecule has 0 aliphatic rings. The summed E-state index contributed by atoms with van der Waals surface area (Å²) < 4.78 is 5.31. The Hall–Kier alpha value is -2.89. The summed E-state index contributed by atoms with van der Waals surface area (Å²) in [5.74, 6) is 0.396. The van der Waals surface area contributed by atoms with Crippen LogP contribution in [-0.2, 0) is 4.79 Å². The van der Waals surface area contributed by atoms with Crippen LogP contribution in [-0.4, -0.2) is 24.0 Å². The molecule has 0 aromatic heterocycles. The zero-order valence-electron chi connectivity index (χ0n) is 12.8. The molecule has 0 spiro atoms. The lowest BCUT2D eigenvalue weighted by atomic mass is 10.0. The first-order valence-electron chi connectivity index (χ1n) is 7.25. The third-order valence-electron chi connectivity index (χ3n) is 3.39. The number of ether oxygens (including phenoxy) is 1. The van der Waals surface area contributed by atoms with Crippen LogP contribution < -0.4 is 10.1 Å². The molecule has 0 aliphatic carbocycles. The van der Waals surface area contributed by atoms with E-state index >= 15 is 0 Å². The molecule has 0 radical (unpaired) electrons. The lowest BCUT2D eigenvalue weighted by Crippen LogP contribution is -2.31. The molecule has 2 aromatic carbocycles. The molecule has 0 heterocycles. The summed E-state index contributed by atoms with van der Waals surface area (Å²) in [6.45, 7) is 2.43. The Bertz CT molecular complexity index is 656. The summed E-state index contributed by atoms with van der Waals surface area (Å²) in [7, 11) is 0. The van der Waals surface area contributed by atoms with Crippen molar-refractivity contribution < 1.29 is 14.5 Å². The Balaban J connectivity index is 1.75. The number of rotatable bonds is 7. The highest BCUT2D eigenvalue weighted by Crippen LogP contribution is 2.17. The minimum Gasteiger partial charge on any atom is -0.484 e. The Morgan fingerprint density at radius 3 is 2.43 bits per heavy atom. The largest absolute Gasteiger partial charge is 0.484 e. The molecule has 2 rings (SSSR count). The Kier molecular flexibility index (Phi) is 5.68. The van der Waals surface area contributed by atoms with Crippen LogP contribution in [0.3, 0.4) is 0 Å². The number of carbonyl (C=O) groups is 1. The van der Waals surface area contributed by atoms with Crippen molar-refractivity contribution in [1.29, 1.82) is 0 Å². The maximum atomic E-state index is 11.8. The Morgan fingerprint density at radius 1 is 1.17 bits per heavy atom. The minimum atomic E-state index is -0.485. The van der Waals surface area contributed by atoms with Gasteiger partial charge in [0.05, 0.1) is 4.92 Å². The molecule has 23 heavy (non-hydrogen) atoms. The van der Waals surface area contributed by atoms with Gasteiger partial charge in [-0.25, -0.2) is 0 Å². The van der Waals surface area contributed by atoms with Gasteiger partial charge in [-0.15, -0.1) is 0 Å². The van der Waals surface area contributed by atoms with Crippen LogP contribution >= 0.6 is 0 Å². The van der Waals surface area contributed by atoms with E-state index in [-0.39, 0.29) is 24.1 Å². The third kappa shape index (κ3) is 5.10. The van der Waals surface area contributed by atoms with E-state index in [0.29, 0.717) is 12.3 Å². The summed E-state index contributed by atoms with van der Waals surface area (Å²) in [5.41, 5.74) is 1.14. The highest BCUT2D eigenvalue weighted by atomic mass is 16.6. The molecular weight excluding hydrogens is 296 g/mol. The molecule has 6 heteroatoms. The summed E-state index contributed by atoms with van der Waals surface area (Å²) in [4.78, 5) is 21.8. The van der Waals surface area contributed by atoms with Gasteiger partial charge in [0.15, 0.2) is 6.61 Å². The van der Waals surface area contributed by atoms with E-state index < -0.39 is 4.92 Å². The van der Waals surface area contributed by atoms with Crippen molar-refractivity contribution in [2.75, 3.05) is 13.2 Å². The summed E-state index contributed by atoms with van der Waals surface area (Å²) >= 11 is 0. The zero-order chi connectivity index (χ0) is 16.7. The Morgan fingerprint density at radius 2 is 1.83 bits per heavy atom. The van der Waals surface area contributed by atoms with Crippen molar-refractivity contribution in [2.45, 2.75) is 12.8 Å². The van der Waals surface area contributed by atoms with Crippen LogP contribution in [0.4, 0.5) is 5.69 Å². The van der Waals surface area contributed by atoms with Gasteiger partial charge in [-0.3, -0.25) is 14.9 Å². The van der Waals surface area contributed by atoms with Crippen LogP contribution in [0.1, 0.15) is 18.4 Å². The number of hydrogen-bond donors (Lipinski definition) is 1. The van der Waals surface area contributed by atoms with Gasteiger partial charge in [-0.2, -0.15) is 0 Å². The quantitative estimate of drug-likeness (QED) is 0.629. The lowest BCUT2D eigenvalue weighted by Gasteiger charge is -2.13. The number of non-ortho nitro benzene ring substituents is 1. The average Bonchev–Trinajstić information content (AvgIpc) is 2.59. The average molecular weight is 314 g/mol. The predicted molar refractivity (Wildman–Crippen MR) is 86.5 cm³/mol. The molecule has 0 aliphatic heterocycles. The highest BCUT2D eigenvalue weighted by molar-refractivity contribution is 5.77. The van der Waals surface area contributed by atoms with Gasteiger partial charge >= 0.3 is 0 Å². The first kappa shape index (κ1) is 16.5. The van der Waals surface area contributed by atoms with Gasteiger partial charge in [-0.1, -0.05) is 37.3 Å². The van der Waals surface area contributed by atoms with E-state index in [9.17, 15) is 14.9 Å². The normalized spacial score (nSPS) is 11.5. The molecule has 1 N–H and O–H groups in total. The second-order valence-corrected chi connectivity index (χ2v) is 5.16. The maximum Gasteiger partial charge on any atom is 0.269 e. The number of amides is 1. The standard InChI is InChI=1S/C17H18N2O4/c1-13(14-5-3-2-4-6-14)11-18-17(20)12-23-16-9-7-15(8-10-16)19(21)22/h2-10,13H,11-12H2,1H3,(H,18,20). The predicted octanol–water partition coefficient (Wildman–Crippen LogP) is 2.89. The molecule has 2 aromatic rings. The second-order valence-electron chi connectivity index (χ2n) is 5.16. The molecule has 1 unspecified atom stereocenters. The molecule has 0 fully saturated rings. The van der Waals surface area contributed by atoms with Crippen molar-refractivity contribution in [1.82, 2.24) is 5.32 Å². The number of hydrogen-bond acceptors (Lipinski definition) is 4. The third-order valence-corrected chi connectivity index (χ3v) is 3.39. The van der Waals surface area contributed by atoms with Crippen LogP contribution in [0.5, 0.6) is 5.75 Å². The molecular formula is C17H18N2O4. The van der Waals surface area contributed by atoms with Gasteiger partial charge in [-0.05, 0) is 23.6 Å². The molecule has 1 atom stereocenters.